The van der Waals surface area contributed by atoms with E-state index in [9.17, 15) is 14.4 Å². The molecule has 1 aromatic rings. The zero-order valence-corrected chi connectivity index (χ0v) is 12.8. The number of carboxylic acid groups (broad SMARTS) is 1. The lowest BCUT2D eigenvalue weighted by Crippen LogP contribution is -2.37. The molecule has 0 aliphatic carbocycles. The van der Waals surface area contributed by atoms with Gasteiger partial charge in [-0.25, -0.2) is 9.69 Å². The van der Waals surface area contributed by atoms with Gasteiger partial charge in [-0.3, -0.25) is 9.59 Å². The van der Waals surface area contributed by atoms with Crippen LogP contribution in [0.5, 0.6) is 0 Å². The lowest BCUT2D eigenvalue weighted by atomic mass is 9.78. The maximum absolute atomic E-state index is 12.6. The fourth-order valence-corrected chi connectivity index (χ4v) is 2.62. The van der Waals surface area contributed by atoms with E-state index in [0.717, 1.165) is 4.90 Å². The SMILES string of the molecule is CC(C)C1(C)CC(=O)N(c2ccc(C(=O)O)cc2Cl)C1=O. The highest BCUT2D eigenvalue weighted by Gasteiger charge is 2.50. The summed E-state index contributed by atoms with van der Waals surface area (Å²) in [4.78, 5) is 36.8. The fourth-order valence-electron chi connectivity index (χ4n) is 2.35. The summed E-state index contributed by atoms with van der Waals surface area (Å²) in [6.07, 6.45) is 0.126. The third-order valence-corrected chi connectivity index (χ3v) is 4.47. The molecule has 1 aromatic carbocycles. The van der Waals surface area contributed by atoms with E-state index in [2.05, 4.69) is 0 Å². The van der Waals surface area contributed by atoms with Crippen LogP contribution in [0.4, 0.5) is 5.69 Å². The average molecular weight is 310 g/mol. The van der Waals surface area contributed by atoms with Crippen LogP contribution >= 0.6 is 11.6 Å². The van der Waals surface area contributed by atoms with Gasteiger partial charge in [-0.1, -0.05) is 25.4 Å². The standard InChI is InChI=1S/C15H16ClNO4/c1-8(2)15(3)7-12(18)17(14(15)21)11-5-4-9(13(19)20)6-10(11)16/h4-6,8H,7H2,1-3H3,(H,19,20). The van der Waals surface area contributed by atoms with Gasteiger partial charge in [0.25, 0.3) is 0 Å². The van der Waals surface area contributed by atoms with E-state index in [1.807, 2.05) is 13.8 Å². The molecule has 1 N–H and O–H groups in total. The molecule has 0 aromatic heterocycles. The highest BCUT2D eigenvalue weighted by atomic mass is 35.5. The van der Waals surface area contributed by atoms with Crippen molar-refractivity contribution >= 4 is 35.1 Å². The molecule has 0 spiro atoms. The Labute approximate surface area is 127 Å². The van der Waals surface area contributed by atoms with Crippen LogP contribution in [0.1, 0.15) is 37.6 Å². The highest BCUT2D eigenvalue weighted by Crippen LogP contribution is 2.42. The van der Waals surface area contributed by atoms with Crippen LogP contribution in [0.3, 0.4) is 0 Å². The number of nitrogens with zero attached hydrogens (tertiary/aromatic N) is 1. The Balaban J connectivity index is 2.46. The van der Waals surface area contributed by atoms with E-state index < -0.39 is 11.4 Å². The average Bonchev–Trinajstić information content (AvgIpc) is 2.62. The van der Waals surface area contributed by atoms with Crippen molar-refractivity contribution in [2.45, 2.75) is 27.2 Å². The minimum Gasteiger partial charge on any atom is -0.478 e. The Morgan fingerprint density at radius 1 is 1.38 bits per heavy atom. The van der Waals surface area contributed by atoms with Crippen LogP contribution in [-0.4, -0.2) is 22.9 Å². The Kier molecular flexibility index (Phi) is 3.80. The maximum atomic E-state index is 12.6. The van der Waals surface area contributed by atoms with Crippen molar-refractivity contribution in [3.05, 3.63) is 28.8 Å². The third-order valence-electron chi connectivity index (χ3n) is 4.17. The molecular weight excluding hydrogens is 294 g/mol. The number of halogens is 1. The van der Waals surface area contributed by atoms with Crippen molar-refractivity contribution in [3.63, 3.8) is 0 Å². The number of amides is 2. The summed E-state index contributed by atoms with van der Waals surface area (Å²) >= 11 is 6.05. The summed E-state index contributed by atoms with van der Waals surface area (Å²) in [5.74, 6) is -1.72. The molecule has 5 nitrogen and oxygen atoms in total. The Bertz CT molecular complexity index is 641. The smallest absolute Gasteiger partial charge is 0.335 e. The normalized spacial score (nSPS) is 22.2. The van der Waals surface area contributed by atoms with Gasteiger partial charge < -0.3 is 5.11 Å². The molecule has 0 radical (unpaired) electrons. The van der Waals surface area contributed by atoms with Crippen molar-refractivity contribution in [1.29, 1.82) is 0 Å². The number of carbonyl (C=O) groups is 3. The second kappa shape index (κ2) is 5.15. The molecule has 2 rings (SSSR count). The number of benzene rings is 1. The Hall–Kier alpha value is -1.88. The van der Waals surface area contributed by atoms with Gasteiger partial charge in [-0.05, 0) is 31.0 Å². The molecule has 1 heterocycles. The van der Waals surface area contributed by atoms with E-state index in [1.54, 1.807) is 6.92 Å². The van der Waals surface area contributed by atoms with Gasteiger partial charge in [0.2, 0.25) is 11.8 Å². The number of rotatable bonds is 3. The van der Waals surface area contributed by atoms with Gasteiger partial charge in [0, 0.05) is 6.42 Å². The van der Waals surface area contributed by atoms with Gasteiger partial charge in [0.15, 0.2) is 0 Å². The monoisotopic (exact) mass is 309 g/mol. The Morgan fingerprint density at radius 2 is 2.00 bits per heavy atom. The first-order valence-corrected chi connectivity index (χ1v) is 6.96. The second-order valence-corrected chi connectivity index (χ2v) is 6.16. The molecule has 1 saturated heterocycles. The van der Waals surface area contributed by atoms with E-state index in [0.29, 0.717) is 0 Å². The van der Waals surface area contributed by atoms with Crippen molar-refractivity contribution in [2.24, 2.45) is 11.3 Å². The van der Waals surface area contributed by atoms with Crippen LogP contribution in [0, 0.1) is 11.3 Å². The third kappa shape index (κ3) is 2.42. The van der Waals surface area contributed by atoms with Gasteiger partial charge in [0.1, 0.15) is 0 Å². The first kappa shape index (κ1) is 15.5. The highest BCUT2D eigenvalue weighted by molar-refractivity contribution is 6.36. The number of aromatic carboxylic acids is 1. The van der Waals surface area contributed by atoms with Gasteiger partial charge in [-0.2, -0.15) is 0 Å². The predicted molar refractivity (Wildman–Crippen MR) is 78.5 cm³/mol. The topological polar surface area (TPSA) is 74.7 Å². The maximum Gasteiger partial charge on any atom is 0.335 e. The van der Waals surface area contributed by atoms with Crippen molar-refractivity contribution < 1.29 is 19.5 Å². The number of anilines is 1. The number of carbonyl (C=O) groups excluding carboxylic acids is 2. The van der Waals surface area contributed by atoms with Crippen LogP contribution in [0.2, 0.25) is 5.02 Å². The molecule has 21 heavy (non-hydrogen) atoms. The second-order valence-electron chi connectivity index (χ2n) is 5.75. The summed E-state index contributed by atoms with van der Waals surface area (Å²) in [5.41, 5.74) is -0.512. The van der Waals surface area contributed by atoms with Crippen molar-refractivity contribution in [1.82, 2.24) is 0 Å². The van der Waals surface area contributed by atoms with Crippen molar-refractivity contribution in [3.8, 4) is 0 Å². The van der Waals surface area contributed by atoms with Crippen LogP contribution < -0.4 is 4.90 Å². The molecule has 1 unspecified atom stereocenters. The lowest BCUT2D eigenvalue weighted by Gasteiger charge is -2.26. The van der Waals surface area contributed by atoms with Crippen molar-refractivity contribution in [2.75, 3.05) is 4.90 Å². The van der Waals surface area contributed by atoms with Gasteiger partial charge in [-0.15, -0.1) is 0 Å². The largest absolute Gasteiger partial charge is 0.478 e. The van der Waals surface area contributed by atoms with Crippen LogP contribution in [-0.2, 0) is 9.59 Å². The van der Waals surface area contributed by atoms with E-state index in [1.165, 1.54) is 18.2 Å². The van der Waals surface area contributed by atoms with Crippen LogP contribution in [0.15, 0.2) is 18.2 Å². The summed E-state index contributed by atoms with van der Waals surface area (Å²) in [7, 11) is 0. The zero-order valence-electron chi connectivity index (χ0n) is 12.0. The molecule has 1 atom stereocenters. The molecule has 0 bridgehead atoms. The molecule has 0 saturated carbocycles. The molecule has 1 fully saturated rings. The summed E-state index contributed by atoms with van der Waals surface area (Å²) in [5, 5.41) is 8.99. The van der Waals surface area contributed by atoms with E-state index >= 15 is 0 Å². The molecular formula is C15H16ClNO4. The first-order chi connectivity index (χ1) is 9.68. The zero-order chi connectivity index (χ0) is 15.9. The Morgan fingerprint density at radius 3 is 2.43 bits per heavy atom. The quantitative estimate of drug-likeness (QED) is 0.871. The summed E-state index contributed by atoms with van der Waals surface area (Å²) in [6, 6.07) is 3.97. The van der Waals surface area contributed by atoms with Gasteiger partial charge >= 0.3 is 5.97 Å². The molecule has 6 heteroatoms. The van der Waals surface area contributed by atoms with Crippen LogP contribution in [0.25, 0.3) is 0 Å². The van der Waals surface area contributed by atoms with E-state index in [-0.39, 0.29) is 40.4 Å². The molecule has 2 amide bonds. The summed E-state index contributed by atoms with van der Waals surface area (Å²) < 4.78 is 0. The predicted octanol–water partition coefficient (Wildman–Crippen LogP) is 2.96. The fraction of sp³-hybridized carbons (Fsp3) is 0.400. The minimum atomic E-state index is -1.12. The minimum absolute atomic E-state index is 0.00877. The number of hydrogen-bond acceptors (Lipinski definition) is 3. The van der Waals surface area contributed by atoms with Gasteiger partial charge in [0.05, 0.1) is 21.7 Å². The molecule has 1 aliphatic rings. The first-order valence-electron chi connectivity index (χ1n) is 6.58. The summed E-state index contributed by atoms with van der Waals surface area (Å²) in [6.45, 7) is 5.55. The van der Waals surface area contributed by atoms with E-state index in [4.69, 9.17) is 16.7 Å². The number of hydrogen-bond donors (Lipinski definition) is 1. The number of imide groups is 1. The lowest BCUT2D eigenvalue weighted by molar-refractivity contribution is -0.126. The number of carboxylic acids is 1. The molecule has 1 aliphatic heterocycles. The molecule has 112 valence electrons.